The Kier molecular flexibility index (Phi) is 3.53. The maximum Gasteiger partial charge on any atom is 0.573 e. The fraction of sp³-hybridized carbons (Fsp3) is 0.125. The van der Waals surface area contributed by atoms with E-state index in [0.717, 1.165) is 6.07 Å². The maximum absolute atomic E-state index is 12.0. The van der Waals surface area contributed by atoms with Crippen LogP contribution in [-0.2, 0) is 0 Å². The van der Waals surface area contributed by atoms with E-state index in [1.54, 1.807) is 0 Å². The van der Waals surface area contributed by atoms with Crippen LogP contribution in [0.25, 0.3) is 0 Å². The maximum atomic E-state index is 12.0. The molecule has 0 aromatic heterocycles. The number of hydrogen-bond donors (Lipinski definition) is 2. The molecular weight excluding hydrogens is 245 g/mol. The van der Waals surface area contributed by atoms with E-state index in [1.165, 1.54) is 18.2 Å². The lowest BCUT2D eigenvalue weighted by Gasteiger charge is -2.17. The van der Waals surface area contributed by atoms with Gasteiger partial charge in [-0.1, -0.05) is 24.9 Å². The third-order valence-electron chi connectivity index (χ3n) is 1.53. The van der Waals surface area contributed by atoms with E-state index in [2.05, 4.69) is 17.6 Å². The number of amides is 2. The molecule has 8 heteroatoms. The summed E-state index contributed by atoms with van der Waals surface area (Å²) in [5, 5.41) is 0. The molecule has 4 nitrogen and oxygen atoms in total. The van der Waals surface area contributed by atoms with Gasteiger partial charge in [-0.3, -0.25) is 0 Å². The number of anilines is 1. The first-order valence-corrected chi connectivity index (χ1v) is 4.34. The Bertz CT molecular complexity index is 397. The van der Waals surface area contributed by atoms with Crippen LogP contribution in [-0.4, -0.2) is 12.4 Å². The summed E-state index contributed by atoms with van der Waals surface area (Å²) in [7, 11) is 0. The minimum absolute atomic E-state index is 0.185. The molecule has 16 heavy (non-hydrogen) atoms. The molecule has 1 rings (SSSR count). The highest BCUT2D eigenvalue weighted by atomic mass is 32.1. The number of ether oxygens (including phenoxy) is 1. The molecule has 0 unspecified atom stereocenters. The Labute approximate surface area is 94.3 Å². The van der Waals surface area contributed by atoms with Crippen molar-refractivity contribution >= 4 is 24.5 Å². The molecule has 2 amide bonds. The second-order valence-corrected chi connectivity index (χ2v) is 3.07. The van der Waals surface area contributed by atoms with Gasteiger partial charge in [-0.25, -0.2) is 9.10 Å². The zero-order valence-electron chi connectivity index (χ0n) is 7.73. The van der Waals surface area contributed by atoms with Crippen LogP contribution in [0, 0.1) is 0 Å². The number of benzene rings is 1. The largest absolute Gasteiger partial charge is 0.573 e. The highest BCUT2D eigenvalue weighted by Crippen LogP contribution is 2.33. The molecule has 0 aliphatic rings. The molecule has 0 spiro atoms. The minimum atomic E-state index is -4.84. The summed E-state index contributed by atoms with van der Waals surface area (Å²) in [6.45, 7) is 0. The molecule has 2 N–H and O–H groups in total. The number of alkyl halides is 3. The van der Waals surface area contributed by atoms with Crippen LogP contribution < -0.4 is 14.8 Å². The van der Waals surface area contributed by atoms with E-state index >= 15 is 0 Å². The lowest BCUT2D eigenvalue weighted by Crippen LogP contribution is -2.28. The molecule has 1 aromatic carbocycles. The molecule has 1 aromatic rings. The Morgan fingerprint density at radius 2 is 1.94 bits per heavy atom. The summed E-state index contributed by atoms with van der Waals surface area (Å²) in [6.07, 6.45) is -4.84. The van der Waals surface area contributed by atoms with E-state index in [1.807, 2.05) is 0 Å². The Morgan fingerprint density at radius 1 is 1.38 bits per heavy atom. The number of carbonyl (C=O) groups is 1. The number of rotatable bonds is 2. The Balaban J connectivity index is 3.05. The van der Waals surface area contributed by atoms with Crippen molar-refractivity contribution < 1.29 is 22.7 Å². The van der Waals surface area contributed by atoms with E-state index < -0.39 is 18.1 Å². The minimum Gasteiger partial charge on any atom is -0.404 e. The molecule has 0 bridgehead atoms. The first-order chi connectivity index (χ1) is 7.31. The summed E-state index contributed by atoms with van der Waals surface area (Å²) in [5.74, 6) is -0.552. The molecule has 0 saturated carbocycles. The summed E-state index contributed by atoms with van der Waals surface area (Å²) in [4.78, 5) is 10.8. The van der Waals surface area contributed by atoms with Crippen molar-refractivity contribution in [3.63, 3.8) is 0 Å². The number of primary amides is 1. The van der Waals surface area contributed by atoms with Crippen molar-refractivity contribution in [3.8, 4) is 5.75 Å². The van der Waals surface area contributed by atoms with E-state index in [-0.39, 0.29) is 5.69 Å². The van der Waals surface area contributed by atoms with Gasteiger partial charge in [-0.2, -0.15) is 0 Å². The van der Waals surface area contributed by atoms with E-state index in [0.29, 0.717) is 4.31 Å². The number of carbonyl (C=O) groups excluding carboxylic acids is 1. The molecule has 0 saturated heterocycles. The molecule has 0 atom stereocenters. The fourth-order valence-electron chi connectivity index (χ4n) is 0.962. The Morgan fingerprint density at radius 3 is 2.44 bits per heavy atom. The molecule has 0 radical (unpaired) electrons. The quantitative estimate of drug-likeness (QED) is 0.793. The van der Waals surface area contributed by atoms with Crippen molar-refractivity contribution in [1.29, 1.82) is 0 Å². The van der Waals surface area contributed by atoms with Gasteiger partial charge < -0.3 is 10.5 Å². The summed E-state index contributed by atoms with van der Waals surface area (Å²) >= 11 is 3.65. The van der Waals surface area contributed by atoms with Crippen LogP contribution >= 0.6 is 12.8 Å². The average molecular weight is 252 g/mol. The van der Waals surface area contributed by atoms with Crippen molar-refractivity contribution in [3.05, 3.63) is 24.3 Å². The monoisotopic (exact) mass is 252 g/mol. The highest BCUT2D eigenvalue weighted by Gasteiger charge is 2.32. The van der Waals surface area contributed by atoms with Gasteiger partial charge in [0.2, 0.25) is 0 Å². The fourth-order valence-corrected chi connectivity index (χ4v) is 1.13. The summed E-state index contributed by atoms with van der Waals surface area (Å²) in [5.41, 5.74) is 4.69. The van der Waals surface area contributed by atoms with Gasteiger partial charge in [0.1, 0.15) is 0 Å². The number of para-hydroxylation sites is 2. The second kappa shape index (κ2) is 4.52. The van der Waals surface area contributed by atoms with Crippen LogP contribution in [0.3, 0.4) is 0 Å². The highest BCUT2D eigenvalue weighted by molar-refractivity contribution is 7.82. The van der Waals surface area contributed by atoms with Crippen LogP contribution in [0.4, 0.5) is 23.7 Å². The number of thiol groups is 1. The zero-order chi connectivity index (χ0) is 12.3. The molecule has 0 aliphatic heterocycles. The van der Waals surface area contributed by atoms with Gasteiger partial charge in [0.15, 0.2) is 5.75 Å². The van der Waals surface area contributed by atoms with Crippen molar-refractivity contribution in [2.24, 2.45) is 5.73 Å². The van der Waals surface area contributed by atoms with Crippen molar-refractivity contribution in [2.45, 2.75) is 6.36 Å². The number of urea groups is 1. The average Bonchev–Trinajstić information content (AvgIpc) is 2.15. The third-order valence-corrected chi connectivity index (χ3v) is 1.94. The van der Waals surface area contributed by atoms with Gasteiger partial charge in [-0.05, 0) is 12.1 Å². The number of halogens is 3. The topological polar surface area (TPSA) is 55.6 Å². The van der Waals surface area contributed by atoms with E-state index in [4.69, 9.17) is 5.73 Å². The standard InChI is InChI=1S/C8H7F3N2O2S/c9-8(10,11)15-6-4-2-1-3-5(6)13(16)7(12)14/h1-4,16H,(H2,12,14). The normalized spacial score (nSPS) is 11.0. The van der Waals surface area contributed by atoms with Crippen LogP contribution in [0.2, 0.25) is 0 Å². The van der Waals surface area contributed by atoms with Crippen LogP contribution in [0.15, 0.2) is 24.3 Å². The van der Waals surface area contributed by atoms with Crippen LogP contribution in [0.5, 0.6) is 5.75 Å². The predicted molar refractivity (Wildman–Crippen MR) is 54.2 cm³/mol. The summed E-state index contributed by atoms with van der Waals surface area (Å²) < 4.78 is 40.3. The van der Waals surface area contributed by atoms with Gasteiger partial charge in [0.05, 0.1) is 5.69 Å². The molecule has 0 aliphatic carbocycles. The van der Waals surface area contributed by atoms with Gasteiger partial charge in [0.25, 0.3) is 0 Å². The first kappa shape index (κ1) is 12.5. The summed E-state index contributed by atoms with van der Waals surface area (Å²) in [6, 6.07) is 4.01. The zero-order valence-corrected chi connectivity index (χ0v) is 8.63. The van der Waals surface area contributed by atoms with Crippen molar-refractivity contribution in [2.75, 3.05) is 4.31 Å². The predicted octanol–water partition coefficient (Wildman–Crippen LogP) is 2.32. The molecule has 0 heterocycles. The SMILES string of the molecule is NC(=O)N(S)c1ccccc1OC(F)(F)F. The first-order valence-electron chi connectivity index (χ1n) is 3.94. The Hall–Kier alpha value is -1.57. The van der Waals surface area contributed by atoms with Gasteiger partial charge in [-0.15, -0.1) is 13.2 Å². The van der Waals surface area contributed by atoms with Gasteiger partial charge in [0, 0.05) is 0 Å². The van der Waals surface area contributed by atoms with Crippen LogP contribution in [0.1, 0.15) is 0 Å². The number of nitrogens with two attached hydrogens (primary N) is 1. The smallest absolute Gasteiger partial charge is 0.404 e. The van der Waals surface area contributed by atoms with Crippen molar-refractivity contribution in [1.82, 2.24) is 0 Å². The second-order valence-electron chi connectivity index (χ2n) is 2.67. The number of nitrogens with zero attached hydrogens (tertiary/aromatic N) is 1. The van der Waals surface area contributed by atoms with E-state index in [9.17, 15) is 18.0 Å². The molecule has 88 valence electrons. The lowest BCUT2D eigenvalue weighted by molar-refractivity contribution is -0.274. The van der Waals surface area contributed by atoms with Gasteiger partial charge >= 0.3 is 12.4 Å². The lowest BCUT2D eigenvalue weighted by atomic mass is 10.3. The number of hydrogen-bond acceptors (Lipinski definition) is 3. The molecule has 0 fully saturated rings. The molecular formula is C8H7F3N2O2S. The third kappa shape index (κ3) is 3.23.